The number of carbonyl (C=O) groups is 3. The largest absolute Gasteiger partial charge is 0.457 e. The molecule has 0 N–H and O–H groups in total. The quantitative estimate of drug-likeness (QED) is 0.300. The predicted octanol–water partition coefficient (Wildman–Crippen LogP) is 2.04. The maximum absolute atomic E-state index is 11.8. The van der Waals surface area contributed by atoms with E-state index in [2.05, 4.69) is 19.9 Å². The molecular weight excluding hydrogens is 428 g/mol. The lowest BCUT2D eigenvalue weighted by Crippen LogP contribution is -2.22. The van der Waals surface area contributed by atoms with Gasteiger partial charge in [-0.05, 0) is 39.8 Å². The highest BCUT2D eigenvalue weighted by molar-refractivity contribution is 8.00. The Hall–Kier alpha value is -2.53. The van der Waals surface area contributed by atoms with Gasteiger partial charge in [-0.2, -0.15) is 0 Å². The molecule has 0 aliphatic heterocycles. The number of Topliss-reactive ketones (excluding diaryl/α,β-unsaturated/α-hetero) is 1. The summed E-state index contributed by atoms with van der Waals surface area (Å²) in [6.07, 6.45) is 0. The zero-order chi connectivity index (χ0) is 22.1. The molecule has 0 bridgehead atoms. The van der Waals surface area contributed by atoms with Gasteiger partial charge in [0.2, 0.25) is 5.78 Å². The van der Waals surface area contributed by atoms with Gasteiger partial charge in [0.05, 0.1) is 11.5 Å². The summed E-state index contributed by atoms with van der Waals surface area (Å²) < 4.78 is 9.79. The van der Waals surface area contributed by atoms with Gasteiger partial charge in [-0.25, -0.2) is 19.9 Å². The second-order valence-electron chi connectivity index (χ2n) is 6.30. The van der Waals surface area contributed by atoms with Crippen molar-refractivity contribution in [3.05, 3.63) is 34.9 Å². The SMILES string of the molecule is Cc1cc(C)nc(SCC(=O)OCC(=O)COC(=O)CSc2nc(C)cc(C)n2)n1. The van der Waals surface area contributed by atoms with E-state index in [1.165, 1.54) is 0 Å². The maximum Gasteiger partial charge on any atom is 0.316 e. The van der Waals surface area contributed by atoms with E-state index in [1.54, 1.807) is 0 Å². The van der Waals surface area contributed by atoms with Gasteiger partial charge in [-0.15, -0.1) is 0 Å². The normalized spacial score (nSPS) is 10.5. The van der Waals surface area contributed by atoms with Crippen molar-refractivity contribution >= 4 is 41.2 Å². The first kappa shape index (κ1) is 23.7. The summed E-state index contributed by atoms with van der Waals surface area (Å²) in [5.41, 5.74) is 3.21. The van der Waals surface area contributed by atoms with E-state index in [1.807, 2.05) is 39.8 Å². The van der Waals surface area contributed by atoms with Gasteiger partial charge in [0.25, 0.3) is 0 Å². The molecular formula is C19H22N4O5S2. The van der Waals surface area contributed by atoms with Crippen LogP contribution in [0.2, 0.25) is 0 Å². The zero-order valence-electron chi connectivity index (χ0n) is 17.1. The van der Waals surface area contributed by atoms with E-state index in [-0.39, 0.29) is 11.5 Å². The topological polar surface area (TPSA) is 121 Å². The first-order valence-corrected chi connectivity index (χ1v) is 10.9. The number of nitrogens with zero attached hydrogens (tertiary/aromatic N) is 4. The molecule has 0 saturated heterocycles. The average molecular weight is 451 g/mol. The van der Waals surface area contributed by atoms with Crippen molar-refractivity contribution < 1.29 is 23.9 Å². The molecule has 0 aliphatic carbocycles. The number of rotatable bonds is 10. The minimum Gasteiger partial charge on any atom is -0.457 e. The molecule has 2 heterocycles. The summed E-state index contributed by atoms with van der Waals surface area (Å²) in [7, 11) is 0. The summed E-state index contributed by atoms with van der Waals surface area (Å²) in [6.45, 7) is 6.42. The third-order valence-corrected chi connectivity index (χ3v) is 4.99. The van der Waals surface area contributed by atoms with Crippen LogP contribution in [0.5, 0.6) is 0 Å². The van der Waals surface area contributed by atoms with Gasteiger partial charge in [0.15, 0.2) is 23.5 Å². The van der Waals surface area contributed by atoms with Crippen LogP contribution in [0.1, 0.15) is 22.8 Å². The van der Waals surface area contributed by atoms with Crippen LogP contribution >= 0.6 is 23.5 Å². The van der Waals surface area contributed by atoms with Crippen LogP contribution in [0.4, 0.5) is 0 Å². The summed E-state index contributed by atoms with van der Waals surface area (Å²) in [5.74, 6) is -1.72. The Balaban J connectivity index is 1.63. The van der Waals surface area contributed by atoms with Crippen LogP contribution in [0, 0.1) is 27.7 Å². The van der Waals surface area contributed by atoms with Crippen LogP contribution in [-0.2, 0) is 23.9 Å². The second kappa shape index (κ2) is 11.6. The van der Waals surface area contributed by atoms with Gasteiger partial charge in [-0.1, -0.05) is 23.5 Å². The van der Waals surface area contributed by atoms with Crippen LogP contribution in [-0.4, -0.2) is 62.4 Å². The Bertz CT molecular complexity index is 825. The monoisotopic (exact) mass is 450 g/mol. The molecule has 0 saturated carbocycles. The Kier molecular flexibility index (Phi) is 9.18. The average Bonchev–Trinajstić information content (AvgIpc) is 2.66. The number of ketones is 1. The van der Waals surface area contributed by atoms with Gasteiger partial charge >= 0.3 is 11.9 Å². The molecule has 0 fully saturated rings. The third-order valence-electron chi connectivity index (χ3n) is 3.35. The molecule has 0 unspecified atom stereocenters. The van der Waals surface area contributed by atoms with E-state index in [4.69, 9.17) is 9.47 Å². The van der Waals surface area contributed by atoms with Crippen molar-refractivity contribution in [1.29, 1.82) is 0 Å². The van der Waals surface area contributed by atoms with E-state index in [9.17, 15) is 14.4 Å². The lowest BCUT2D eigenvalue weighted by atomic mass is 10.4. The number of esters is 2. The van der Waals surface area contributed by atoms with Crippen molar-refractivity contribution in [1.82, 2.24) is 19.9 Å². The third kappa shape index (κ3) is 8.87. The fourth-order valence-electron chi connectivity index (χ4n) is 2.21. The predicted molar refractivity (Wildman–Crippen MR) is 111 cm³/mol. The molecule has 0 atom stereocenters. The van der Waals surface area contributed by atoms with Crippen LogP contribution < -0.4 is 0 Å². The molecule has 9 nitrogen and oxygen atoms in total. The Morgan fingerprint density at radius 2 is 1.03 bits per heavy atom. The van der Waals surface area contributed by atoms with Crippen molar-refractivity contribution in [3.63, 3.8) is 0 Å². The molecule has 0 aromatic carbocycles. The van der Waals surface area contributed by atoms with Crippen LogP contribution in [0.15, 0.2) is 22.4 Å². The van der Waals surface area contributed by atoms with Crippen molar-refractivity contribution in [3.8, 4) is 0 Å². The molecule has 160 valence electrons. The van der Waals surface area contributed by atoms with Crippen molar-refractivity contribution in [2.45, 2.75) is 38.0 Å². The van der Waals surface area contributed by atoms with Crippen LogP contribution in [0.3, 0.4) is 0 Å². The first-order chi connectivity index (χ1) is 14.2. The van der Waals surface area contributed by atoms with Crippen LogP contribution in [0.25, 0.3) is 0 Å². The number of carbonyl (C=O) groups excluding carboxylic acids is 3. The van der Waals surface area contributed by atoms with E-state index in [0.717, 1.165) is 46.3 Å². The number of aromatic nitrogens is 4. The molecule has 0 aliphatic rings. The van der Waals surface area contributed by atoms with E-state index < -0.39 is 30.9 Å². The van der Waals surface area contributed by atoms with Crippen molar-refractivity contribution in [2.24, 2.45) is 0 Å². The Morgan fingerprint density at radius 3 is 1.37 bits per heavy atom. The standard InChI is InChI=1S/C19H22N4O5S2/c1-11-5-12(2)21-18(20-11)29-9-16(25)27-7-15(24)8-28-17(26)10-30-19-22-13(3)6-14(4)23-19/h5-6H,7-10H2,1-4H3. The number of thioether (sulfide) groups is 2. The fraction of sp³-hybridized carbons (Fsp3) is 0.421. The Labute approximate surface area is 182 Å². The highest BCUT2D eigenvalue weighted by atomic mass is 32.2. The molecule has 0 radical (unpaired) electrons. The molecule has 0 amide bonds. The van der Waals surface area contributed by atoms with E-state index in [0.29, 0.717) is 10.3 Å². The fourth-order valence-corrected chi connectivity index (χ4v) is 3.70. The molecule has 11 heteroatoms. The first-order valence-electron chi connectivity index (χ1n) is 8.94. The highest BCUT2D eigenvalue weighted by Crippen LogP contribution is 2.15. The van der Waals surface area contributed by atoms with Gasteiger partial charge in [0.1, 0.15) is 0 Å². The number of ether oxygens (including phenoxy) is 2. The summed E-state index contributed by atoms with van der Waals surface area (Å²) in [6, 6.07) is 3.66. The second-order valence-corrected chi connectivity index (χ2v) is 8.19. The number of aryl methyl sites for hydroxylation is 4. The summed E-state index contributed by atoms with van der Waals surface area (Å²) >= 11 is 2.25. The lowest BCUT2D eigenvalue weighted by molar-refractivity contribution is -0.150. The van der Waals surface area contributed by atoms with Gasteiger partial charge < -0.3 is 9.47 Å². The lowest BCUT2D eigenvalue weighted by Gasteiger charge is -2.06. The van der Waals surface area contributed by atoms with Crippen molar-refractivity contribution in [2.75, 3.05) is 24.7 Å². The minimum atomic E-state index is -0.579. The molecule has 2 aromatic rings. The highest BCUT2D eigenvalue weighted by Gasteiger charge is 2.13. The summed E-state index contributed by atoms with van der Waals surface area (Å²) in [5, 5.41) is 0.935. The Morgan fingerprint density at radius 1 is 0.700 bits per heavy atom. The van der Waals surface area contributed by atoms with E-state index >= 15 is 0 Å². The summed E-state index contributed by atoms with van der Waals surface area (Å²) in [4.78, 5) is 52.1. The van der Waals surface area contributed by atoms with Gasteiger partial charge in [0, 0.05) is 22.8 Å². The number of hydrogen-bond donors (Lipinski definition) is 0. The maximum atomic E-state index is 11.8. The smallest absolute Gasteiger partial charge is 0.316 e. The molecule has 30 heavy (non-hydrogen) atoms. The minimum absolute atomic E-state index is 0.0253. The molecule has 2 rings (SSSR count). The molecule has 2 aromatic heterocycles. The number of hydrogen-bond acceptors (Lipinski definition) is 11. The van der Waals surface area contributed by atoms with Gasteiger partial charge in [-0.3, -0.25) is 14.4 Å². The zero-order valence-corrected chi connectivity index (χ0v) is 18.8. The molecule has 0 spiro atoms.